The van der Waals surface area contributed by atoms with Crippen LogP contribution in [0.3, 0.4) is 0 Å². The van der Waals surface area contributed by atoms with Crippen molar-refractivity contribution >= 4 is 20.1 Å². The van der Waals surface area contributed by atoms with Gasteiger partial charge in [-0.05, 0) is 5.04 Å². The van der Waals surface area contributed by atoms with Gasteiger partial charge in [-0.25, -0.2) is 4.79 Å². The first kappa shape index (κ1) is 14.2. The third-order valence-corrected chi connectivity index (χ3v) is 9.40. The van der Waals surface area contributed by atoms with Crippen LogP contribution in [0.4, 0.5) is 0 Å². The maximum atomic E-state index is 11.9. The topological polar surface area (TPSA) is 72.6 Å². The summed E-state index contributed by atoms with van der Waals surface area (Å²) < 4.78 is 6.40. The smallest absolute Gasteiger partial charge is 0.329 e. The number of ether oxygens (including phenoxy) is 1. The van der Waals surface area contributed by atoms with Crippen LogP contribution < -0.4 is 5.73 Å². The lowest BCUT2D eigenvalue weighted by Crippen LogP contribution is -2.79. The number of carbonyl (C=O) groups is 2. The maximum absolute atomic E-state index is 11.9. The molecule has 2 N–H and O–H groups in total. The molecule has 1 aliphatic rings. The van der Waals surface area contributed by atoms with Crippen molar-refractivity contribution in [2.24, 2.45) is 5.73 Å². The van der Waals surface area contributed by atoms with Gasteiger partial charge in [0.15, 0.2) is 8.24 Å². The Morgan fingerprint density at radius 3 is 2.24 bits per heavy atom. The van der Waals surface area contributed by atoms with Crippen LogP contribution in [0, 0.1) is 0 Å². The zero-order valence-corrected chi connectivity index (χ0v) is 12.4. The summed E-state index contributed by atoms with van der Waals surface area (Å²) in [6.07, 6.45) is 0. The molecule has 6 heteroatoms. The molecule has 1 fully saturated rings. The van der Waals surface area contributed by atoms with E-state index in [1.54, 1.807) is 4.57 Å². The van der Waals surface area contributed by atoms with Gasteiger partial charge in [0.25, 0.3) is 0 Å². The van der Waals surface area contributed by atoms with E-state index in [0.717, 1.165) is 0 Å². The number of nitrogens with zero attached hydrogens (tertiary/aromatic N) is 1. The Labute approximate surface area is 103 Å². The van der Waals surface area contributed by atoms with Crippen LogP contribution in [0.2, 0.25) is 18.1 Å². The minimum absolute atomic E-state index is 0.0188. The molecular weight excluding hydrogens is 236 g/mol. The summed E-state index contributed by atoms with van der Waals surface area (Å²) in [4.78, 5) is 23.6. The van der Waals surface area contributed by atoms with Crippen LogP contribution in [0.15, 0.2) is 0 Å². The molecule has 0 radical (unpaired) electrons. The Morgan fingerprint density at radius 1 is 1.41 bits per heavy atom. The molecule has 1 heterocycles. The molecule has 0 unspecified atom stereocenters. The number of esters is 1. The van der Waals surface area contributed by atoms with Crippen molar-refractivity contribution < 1.29 is 14.3 Å². The Kier molecular flexibility index (Phi) is 3.42. The summed E-state index contributed by atoms with van der Waals surface area (Å²) in [7, 11) is -0.744. The van der Waals surface area contributed by atoms with Gasteiger partial charge in [0.1, 0.15) is 12.1 Å². The minimum Gasteiger partial charge on any atom is -0.467 e. The molecule has 0 bridgehead atoms. The second-order valence-electron chi connectivity index (χ2n) is 6.01. The number of amides is 1. The molecule has 0 aromatic carbocycles. The molecule has 0 saturated carbocycles. The van der Waals surface area contributed by atoms with Gasteiger partial charge in [-0.15, -0.1) is 0 Å². The van der Waals surface area contributed by atoms with Crippen molar-refractivity contribution in [3.05, 3.63) is 0 Å². The van der Waals surface area contributed by atoms with Crippen LogP contribution in [-0.2, 0) is 14.3 Å². The normalized spacial score (nSPS) is 25.6. The average Bonchev–Trinajstić information content (AvgIpc) is 2.21. The molecule has 17 heavy (non-hydrogen) atoms. The quantitative estimate of drug-likeness (QED) is 0.449. The van der Waals surface area contributed by atoms with E-state index < -0.39 is 26.3 Å². The second-order valence-corrected chi connectivity index (χ2v) is 11.1. The van der Waals surface area contributed by atoms with E-state index >= 15 is 0 Å². The Balaban J connectivity index is 3.05. The molecule has 0 aromatic rings. The monoisotopic (exact) mass is 258 g/mol. The molecule has 5 nitrogen and oxygen atoms in total. The van der Waals surface area contributed by atoms with Crippen molar-refractivity contribution in [3.63, 3.8) is 0 Å². The van der Waals surface area contributed by atoms with Gasteiger partial charge in [-0.1, -0.05) is 33.9 Å². The second kappa shape index (κ2) is 4.10. The van der Waals surface area contributed by atoms with E-state index in [9.17, 15) is 9.59 Å². The van der Waals surface area contributed by atoms with Gasteiger partial charge in [0.2, 0.25) is 5.91 Å². The fourth-order valence-electron chi connectivity index (χ4n) is 1.87. The summed E-state index contributed by atoms with van der Waals surface area (Å²) in [5.74, 6) is -0.547. The first-order valence-electron chi connectivity index (χ1n) is 5.72. The molecule has 0 aromatic heterocycles. The van der Waals surface area contributed by atoms with E-state index in [1.807, 2.05) is 0 Å². The van der Waals surface area contributed by atoms with Crippen molar-refractivity contribution in [2.45, 2.75) is 51.0 Å². The average molecular weight is 258 g/mol. The number of hydrogen-bond acceptors (Lipinski definition) is 4. The Hall–Kier alpha value is -0.883. The van der Waals surface area contributed by atoms with Crippen molar-refractivity contribution in [3.8, 4) is 0 Å². The predicted octanol–water partition coefficient (Wildman–Crippen LogP) is 0.703. The Bertz CT molecular complexity index is 349. The molecule has 0 aliphatic carbocycles. The molecule has 1 amide bonds. The van der Waals surface area contributed by atoms with Crippen LogP contribution in [-0.4, -0.2) is 43.9 Å². The summed E-state index contributed by atoms with van der Waals surface area (Å²) in [6, 6.07) is -1.34. The highest BCUT2D eigenvalue weighted by Crippen LogP contribution is 2.42. The molecule has 1 saturated heterocycles. The van der Waals surface area contributed by atoms with Gasteiger partial charge in [0, 0.05) is 0 Å². The van der Waals surface area contributed by atoms with E-state index in [2.05, 4.69) is 33.9 Å². The van der Waals surface area contributed by atoms with E-state index in [0.29, 0.717) is 0 Å². The number of β-lactam (4-membered cyclic amide) rings is 1. The minimum atomic E-state index is -2.07. The van der Waals surface area contributed by atoms with E-state index in [-0.39, 0.29) is 10.9 Å². The van der Waals surface area contributed by atoms with Crippen LogP contribution >= 0.6 is 0 Å². The fourth-order valence-corrected chi connectivity index (χ4v) is 4.25. The maximum Gasteiger partial charge on any atom is 0.329 e. The SMILES string of the molecule is COC(=O)[C@@H]1[C@@H](N)C(=O)N1[Si](C)(C)C(C)(C)C. The summed E-state index contributed by atoms with van der Waals surface area (Å²) in [5.41, 5.74) is 5.70. The van der Waals surface area contributed by atoms with Crippen LogP contribution in [0.25, 0.3) is 0 Å². The lowest BCUT2D eigenvalue weighted by atomic mass is 10.0. The largest absolute Gasteiger partial charge is 0.467 e. The number of carbonyl (C=O) groups excluding carboxylic acids is 2. The van der Waals surface area contributed by atoms with E-state index in [4.69, 9.17) is 10.5 Å². The highest BCUT2D eigenvalue weighted by Gasteiger charge is 2.59. The third-order valence-electron chi connectivity index (χ3n) is 4.02. The lowest BCUT2D eigenvalue weighted by molar-refractivity contribution is -0.160. The number of hydrogen-bond donors (Lipinski definition) is 1. The molecule has 0 spiro atoms. The lowest BCUT2D eigenvalue weighted by Gasteiger charge is -2.56. The molecule has 2 atom stereocenters. The van der Waals surface area contributed by atoms with Crippen molar-refractivity contribution in [2.75, 3.05) is 7.11 Å². The van der Waals surface area contributed by atoms with Gasteiger partial charge in [0.05, 0.1) is 7.11 Å². The fraction of sp³-hybridized carbons (Fsp3) is 0.818. The van der Waals surface area contributed by atoms with Gasteiger partial charge >= 0.3 is 5.97 Å². The van der Waals surface area contributed by atoms with Gasteiger partial charge in [-0.3, -0.25) is 4.79 Å². The molecule has 1 rings (SSSR count). The van der Waals surface area contributed by atoms with Crippen LogP contribution in [0.1, 0.15) is 20.8 Å². The van der Waals surface area contributed by atoms with Gasteiger partial charge in [-0.2, -0.15) is 0 Å². The summed E-state index contributed by atoms with van der Waals surface area (Å²) >= 11 is 0. The predicted molar refractivity (Wildman–Crippen MR) is 67.8 cm³/mol. The van der Waals surface area contributed by atoms with Gasteiger partial charge < -0.3 is 15.0 Å². The third kappa shape index (κ3) is 1.99. The molecular formula is C11H22N2O3Si. The molecule has 98 valence electrons. The number of nitrogens with two attached hydrogens (primary N) is 1. The first-order chi connectivity index (χ1) is 7.55. The molecule has 1 aliphatic heterocycles. The Morgan fingerprint density at radius 2 is 1.88 bits per heavy atom. The summed E-state index contributed by atoms with van der Waals surface area (Å²) in [5, 5.41) is -0.0188. The van der Waals surface area contributed by atoms with Crippen molar-refractivity contribution in [1.29, 1.82) is 0 Å². The van der Waals surface area contributed by atoms with E-state index in [1.165, 1.54) is 7.11 Å². The van der Waals surface area contributed by atoms with Crippen LogP contribution in [0.5, 0.6) is 0 Å². The zero-order valence-electron chi connectivity index (χ0n) is 11.4. The highest BCUT2D eigenvalue weighted by molar-refractivity contribution is 6.80. The summed E-state index contributed by atoms with van der Waals surface area (Å²) in [6.45, 7) is 10.4. The highest BCUT2D eigenvalue weighted by atomic mass is 28.3. The first-order valence-corrected chi connectivity index (χ1v) is 8.67. The zero-order chi connectivity index (χ0) is 13.6. The number of rotatable bonds is 2. The van der Waals surface area contributed by atoms with Crippen molar-refractivity contribution in [1.82, 2.24) is 4.57 Å². The standard InChI is InChI=1S/C11H22N2O3Si/c1-11(2,3)17(5,6)13-8(10(15)16-4)7(12)9(13)14/h7-8H,12H2,1-6H3/t7-,8+/m1/s1. The number of methoxy groups -OCH3 is 1.